The first-order valence-corrected chi connectivity index (χ1v) is 7.38. The molecule has 0 amide bonds. The third kappa shape index (κ3) is 3.20. The third-order valence-corrected chi connectivity index (χ3v) is 3.55. The van der Waals surface area contributed by atoms with Gasteiger partial charge in [0.05, 0.1) is 17.7 Å². The number of hydrogen-bond donors (Lipinski definition) is 0. The maximum Gasteiger partial charge on any atom is 0.216 e. The molecule has 1 heterocycles. The summed E-state index contributed by atoms with van der Waals surface area (Å²) in [4.78, 5) is 8.74. The molecule has 108 valence electrons. The van der Waals surface area contributed by atoms with Crippen LogP contribution < -0.4 is 0 Å². The van der Waals surface area contributed by atoms with Crippen LogP contribution in [0, 0.1) is 0 Å². The summed E-state index contributed by atoms with van der Waals surface area (Å²) in [6.45, 7) is 7.25. The van der Waals surface area contributed by atoms with Crippen LogP contribution >= 0.6 is 15.9 Å². The Kier molecular flexibility index (Phi) is 4.48. The molecule has 0 radical (unpaired) electrons. The Hall–Kier alpha value is -1.36. The normalized spacial score (nSPS) is 17.6. The molecule has 0 atom stereocenters. The van der Waals surface area contributed by atoms with Crippen molar-refractivity contribution in [1.29, 1.82) is 0 Å². The molecule has 20 heavy (non-hydrogen) atoms. The SMILES string of the molecule is CCOC(=NC)c1ccc(C2=NC(C)(C)CO2)cc1Br. The van der Waals surface area contributed by atoms with Gasteiger partial charge < -0.3 is 9.47 Å². The van der Waals surface area contributed by atoms with Crippen molar-refractivity contribution in [3.63, 3.8) is 0 Å². The van der Waals surface area contributed by atoms with E-state index in [9.17, 15) is 0 Å². The fourth-order valence-electron chi connectivity index (χ4n) is 1.95. The van der Waals surface area contributed by atoms with Crippen molar-refractivity contribution in [1.82, 2.24) is 0 Å². The van der Waals surface area contributed by atoms with Gasteiger partial charge in [0, 0.05) is 17.1 Å². The van der Waals surface area contributed by atoms with E-state index < -0.39 is 0 Å². The number of nitrogens with zero attached hydrogens (tertiary/aromatic N) is 2. The molecular weight excluding hydrogens is 320 g/mol. The highest BCUT2D eigenvalue weighted by molar-refractivity contribution is 9.10. The van der Waals surface area contributed by atoms with Gasteiger partial charge in [-0.2, -0.15) is 0 Å². The van der Waals surface area contributed by atoms with E-state index in [2.05, 4.69) is 39.8 Å². The molecule has 0 saturated heterocycles. The van der Waals surface area contributed by atoms with Crippen LogP contribution in [-0.4, -0.2) is 37.6 Å². The highest BCUT2D eigenvalue weighted by Crippen LogP contribution is 2.25. The fourth-order valence-corrected chi connectivity index (χ4v) is 2.50. The lowest BCUT2D eigenvalue weighted by Gasteiger charge is -2.10. The van der Waals surface area contributed by atoms with E-state index >= 15 is 0 Å². The van der Waals surface area contributed by atoms with Crippen molar-refractivity contribution in [3.05, 3.63) is 33.8 Å². The van der Waals surface area contributed by atoms with Crippen LogP contribution in [0.3, 0.4) is 0 Å². The monoisotopic (exact) mass is 338 g/mol. The Labute approximate surface area is 128 Å². The smallest absolute Gasteiger partial charge is 0.216 e. The Bertz CT molecular complexity index is 565. The first kappa shape index (κ1) is 15.0. The second kappa shape index (κ2) is 5.95. The maximum atomic E-state index is 5.65. The summed E-state index contributed by atoms with van der Waals surface area (Å²) in [5.41, 5.74) is 1.73. The average molecular weight is 339 g/mol. The van der Waals surface area contributed by atoms with Crippen LogP contribution in [0.1, 0.15) is 31.9 Å². The second-order valence-electron chi connectivity index (χ2n) is 5.17. The summed E-state index contributed by atoms with van der Waals surface area (Å²) in [7, 11) is 1.72. The molecule has 0 aliphatic carbocycles. The van der Waals surface area contributed by atoms with Crippen LogP contribution in [0.15, 0.2) is 32.7 Å². The minimum absolute atomic E-state index is 0.151. The first-order chi connectivity index (χ1) is 9.46. The quantitative estimate of drug-likeness (QED) is 0.626. The van der Waals surface area contributed by atoms with Crippen LogP contribution in [-0.2, 0) is 9.47 Å². The minimum Gasteiger partial charge on any atom is -0.478 e. The molecule has 1 aromatic rings. The van der Waals surface area contributed by atoms with Gasteiger partial charge >= 0.3 is 0 Å². The molecule has 1 aliphatic rings. The van der Waals surface area contributed by atoms with Crippen molar-refractivity contribution in [2.45, 2.75) is 26.3 Å². The highest BCUT2D eigenvalue weighted by atomic mass is 79.9. The Morgan fingerprint density at radius 2 is 2.25 bits per heavy atom. The number of aliphatic imine (C=N–C) groups is 2. The van der Waals surface area contributed by atoms with Crippen molar-refractivity contribution in [2.24, 2.45) is 9.98 Å². The van der Waals surface area contributed by atoms with E-state index in [1.54, 1.807) is 7.05 Å². The molecule has 2 rings (SSSR count). The van der Waals surface area contributed by atoms with Crippen molar-refractivity contribution < 1.29 is 9.47 Å². The van der Waals surface area contributed by atoms with Crippen molar-refractivity contribution in [2.75, 3.05) is 20.3 Å². The molecule has 0 spiro atoms. The largest absolute Gasteiger partial charge is 0.478 e. The van der Waals surface area contributed by atoms with Gasteiger partial charge in [0.2, 0.25) is 11.8 Å². The standard InChI is InChI=1S/C15H19BrN2O2/c1-5-19-14(17-4)11-7-6-10(8-12(11)16)13-18-15(2,3)9-20-13/h6-8H,5,9H2,1-4H3. The molecule has 1 aromatic carbocycles. The van der Waals surface area contributed by atoms with Crippen LogP contribution in [0.5, 0.6) is 0 Å². The van der Waals surface area contributed by atoms with Crippen molar-refractivity contribution >= 4 is 27.7 Å². The molecule has 0 fully saturated rings. The summed E-state index contributed by atoms with van der Waals surface area (Å²) in [5, 5.41) is 0. The predicted octanol–water partition coefficient (Wildman–Crippen LogP) is 3.42. The van der Waals surface area contributed by atoms with Crippen LogP contribution in [0.4, 0.5) is 0 Å². The van der Waals surface area contributed by atoms with E-state index in [-0.39, 0.29) is 5.54 Å². The number of rotatable bonds is 3. The molecule has 5 heteroatoms. The maximum absolute atomic E-state index is 5.65. The number of hydrogen-bond acceptors (Lipinski definition) is 4. The molecular formula is C15H19BrN2O2. The van der Waals surface area contributed by atoms with E-state index in [0.29, 0.717) is 25.0 Å². The van der Waals surface area contributed by atoms with Crippen molar-refractivity contribution in [3.8, 4) is 0 Å². The van der Waals surface area contributed by atoms with Gasteiger partial charge in [-0.3, -0.25) is 4.99 Å². The van der Waals surface area contributed by atoms with Gasteiger partial charge in [0.25, 0.3) is 0 Å². The zero-order chi connectivity index (χ0) is 14.8. The summed E-state index contributed by atoms with van der Waals surface area (Å²) in [5.74, 6) is 1.31. The van der Waals surface area contributed by atoms with E-state index in [1.165, 1.54) is 0 Å². The number of halogens is 1. The lowest BCUT2D eigenvalue weighted by Crippen LogP contribution is -2.17. The summed E-state index contributed by atoms with van der Waals surface area (Å²) >= 11 is 3.56. The van der Waals surface area contributed by atoms with Crippen LogP contribution in [0.25, 0.3) is 0 Å². The molecule has 0 aromatic heterocycles. The van der Waals surface area contributed by atoms with Crippen LogP contribution in [0.2, 0.25) is 0 Å². The molecule has 0 N–H and O–H groups in total. The predicted molar refractivity (Wildman–Crippen MR) is 84.8 cm³/mol. The van der Waals surface area contributed by atoms with Gasteiger partial charge in [0.1, 0.15) is 6.61 Å². The minimum atomic E-state index is -0.151. The molecule has 0 unspecified atom stereocenters. The van der Waals surface area contributed by atoms with Gasteiger partial charge in [-0.05, 0) is 54.9 Å². The lowest BCUT2D eigenvalue weighted by atomic mass is 10.1. The van der Waals surface area contributed by atoms with Gasteiger partial charge in [0.15, 0.2) is 0 Å². The molecule has 0 bridgehead atoms. The zero-order valence-corrected chi connectivity index (χ0v) is 13.8. The Balaban J connectivity index is 2.31. The summed E-state index contributed by atoms with van der Waals surface area (Å²) in [6.07, 6.45) is 0. The van der Waals surface area contributed by atoms with E-state index in [0.717, 1.165) is 15.6 Å². The zero-order valence-electron chi connectivity index (χ0n) is 12.2. The number of ether oxygens (including phenoxy) is 2. The van der Waals surface area contributed by atoms with Gasteiger partial charge in [-0.15, -0.1) is 0 Å². The Morgan fingerprint density at radius 1 is 1.50 bits per heavy atom. The summed E-state index contributed by atoms with van der Waals surface area (Å²) < 4.78 is 12.1. The fraction of sp³-hybridized carbons (Fsp3) is 0.467. The van der Waals surface area contributed by atoms with E-state index in [4.69, 9.17) is 9.47 Å². The average Bonchev–Trinajstić information content (AvgIpc) is 2.77. The molecule has 4 nitrogen and oxygen atoms in total. The molecule has 0 saturated carbocycles. The third-order valence-electron chi connectivity index (χ3n) is 2.90. The first-order valence-electron chi connectivity index (χ1n) is 6.59. The molecule has 1 aliphatic heterocycles. The summed E-state index contributed by atoms with van der Waals surface area (Å²) in [6, 6.07) is 5.93. The number of benzene rings is 1. The topological polar surface area (TPSA) is 43.2 Å². The highest BCUT2D eigenvalue weighted by Gasteiger charge is 2.27. The lowest BCUT2D eigenvalue weighted by molar-refractivity contribution is 0.279. The van der Waals surface area contributed by atoms with Gasteiger partial charge in [-0.25, -0.2) is 4.99 Å². The second-order valence-corrected chi connectivity index (χ2v) is 6.03. The van der Waals surface area contributed by atoms with E-state index in [1.807, 2.05) is 25.1 Å². The Morgan fingerprint density at radius 3 is 2.75 bits per heavy atom. The van der Waals surface area contributed by atoms with Gasteiger partial charge in [-0.1, -0.05) is 0 Å².